The predicted molar refractivity (Wildman–Crippen MR) is 76.6 cm³/mol. The van der Waals surface area contributed by atoms with Gasteiger partial charge in [-0.2, -0.15) is 10.2 Å². The van der Waals surface area contributed by atoms with E-state index in [1.807, 2.05) is 15.6 Å². The van der Waals surface area contributed by atoms with Gasteiger partial charge in [0, 0.05) is 12.7 Å². The number of aromatic nitrogens is 5. The Morgan fingerprint density at radius 1 is 1.47 bits per heavy atom. The fourth-order valence-electron chi connectivity index (χ4n) is 1.51. The number of nitrogens with zero attached hydrogens (tertiary/aromatic N) is 5. The van der Waals surface area contributed by atoms with Crippen LogP contribution in [0.25, 0.3) is 0 Å². The molecule has 0 aromatic carbocycles. The highest BCUT2D eigenvalue weighted by Crippen LogP contribution is 2.17. The molecule has 0 N–H and O–H groups in total. The van der Waals surface area contributed by atoms with Gasteiger partial charge in [-0.05, 0) is 44.4 Å². The minimum Gasteiger partial charge on any atom is -0.263 e. The zero-order valence-corrected chi connectivity index (χ0v) is 13.4. The Bertz CT molecular complexity index is 485. The van der Waals surface area contributed by atoms with E-state index in [-0.39, 0.29) is 0 Å². The van der Waals surface area contributed by atoms with Crippen LogP contribution in [-0.4, -0.2) is 24.5 Å². The summed E-state index contributed by atoms with van der Waals surface area (Å²) in [6.45, 7) is 5.86. The van der Waals surface area contributed by atoms with Crippen molar-refractivity contribution in [3.63, 3.8) is 0 Å². The van der Waals surface area contributed by atoms with Gasteiger partial charge < -0.3 is 0 Å². The van der Waals surface area contributed by atoms with Crippen molar-refractivity contribution >= 4 is 38.5 Å². The van der Waals surface area contributed by atoms with Gasteiger partial charge in [-0.1, -0.05) is 13.8 Å². The van der Waals surface area contributed by atoms with Gasteiger partial charge in [-0.15, -0.1) is 0 Å². The molecule has 0 aliphatic heterocycles. The summed E-state index contributed by atoms with van der Waals surface area (Å²) < 4.78 is 5.77. The van der Waals surface area contributed by atoms with Crippen LogP contribution in [0.15, 0.2) is 17.0 Å². The second kappa shape index (κ2) is 5.47. The zero-order valence-electron chi connectivity index (χ0n) is 9.64. The van der Waals surface area contributed by atoms with Gasteiger partial charge in [0.1, 0.15) is 22.4 Å². The lowest BCUT2D eigenvalue weighted by Gasteiger charge is -2.08. The fourth-order valence-corrected chi connectivity index (χ4v) is 2.24. The van der Waals surface area contributed by atoms with Gasteiger partial charge in [0.2, 0.25) is 0 Å². The van der Waals surface area contributed by atoms with Crippen molar-refractivity contribution in [2.75, 3.05) is 0 Å². The van der Waals surface area contributed by atoms with E-state index in [9.17, 15) is 0 Å². The first-order valence-corrected chi connectivity index (χ1v) is 7.18. The summed E-state index contributed by atoms with van der Waals surface area (Å²) in [4.78, 5) is 4.28. The Morgan fingerprint density at radius 2 is 2.24 bits per heavy atom. The van der Waals surface area contributed by atoms with E-state index in [1.165, 1.54) is 0 Å². The molecule has 0 fully saturated rings. The highest BCUT2D eigenvalue weighted by Gasteiger charge is 2.09. The fraction of sp³-hybridized carbons (Fsp3) is 0.500. The predicted octanol–water partition coefficient (Wildman–Crippen LogP) is 2.55. The summed E-state index contributed by atoms with van der Waals surface area (Å²) in [5.74, 6) is 1.49. The SMILES string of the molecule is CC(C)Cn1ncnc1Cn1cc(Br)c(I)n1. The third kappa shape index (κ3) is 3.27. The first-order chi connectivity index (χ1) is 8.06. The quantitative estimate of drug-likeness (QED) is 0.729. The van der Waals surface area contributed by atoms with Crippen LogP contribution in [0.2, 0.25) is 0 Å². The van der Waals surface area contributed by atoms with E-state index in [0.29, 0.717) is 12.5 Å². The second-order valence-electron chi connectivity index (χ2n) is 4.22. The largest absolute Gasteiger partial charge is 0.263 e. The Morgan fingerprint density at radius 3 is 2.82 bits per heavy atom. The van der Waals surface area contributed by atoms with Gasteiger partial charge in [0.15, 0.2) is 0 Å². The molecule has 0 spiro atoms. The molecule has 0 atom stereocenters. The summed E-state index contributed by atoms with van der Waals surface area (Å²) in [5, 5.41) is 8.61. The Hall–Kier alpha value is -0.440. The molecule has 92 valence electrons. The molecule has 0 radical (unpaired) electrons. The van der Waals surface area contributed by atoms with E-state index in [1.54, 1.807) is 6.33 Å². The number of rotatable bonds is 4. The molecular formula is C10H13BrIN5. The Balaban J connectivity index is 2.15. The maximum absolute atomic E-state index is 4.38. The first kappa shape index (κ1) is 13.0. The molecule has 2 aromatic rings. The molecule has 0 saturated carbocycles. The smallest absolute Gasteiger partial charge is 0.148 e. The van der Waals surface area contributed by atoms with Gasteiger partial charge >= 0.3 is 0 Å². The molecule has 0 unspecified atom stereocenters. The number of hydrogen-bond acceptors (Lipinski definition) is 3. The lowest BCUT2D eigenvalue weighted by molar-refractivity contribution is 0.456. The minimum atomic E-state index is 0.556. The summed E-state index contributed by atoms with van der Waals surface area (Å²) in [7, 11) is 0. The van der Waals surface area contributed by atoms with Crippen molar-refractivity contribution in [2.24, 2.45) is 5.92 Å². The third-order valence-corrected chi connectivity index (χ3v) is 4.33. The van der Waals surface area contributed by atoms with Crippen LogP contribution in [0, 0.1) is 9.62 Å². The van der Waals surface area contributed by atoms with Crippen molar-refractivity contribution in [2.45, 2.75) is 26.9 Å². The van der Waals surface area contributed by atoms with Gasteiger partial charge in [0.05, 0.1) is 4.47 Å². The molecule has 5 nitrogen and oxygen atoms in total. The van der Waals surface area contributed by atoms with Crippen LogP contribution in [0.3, 0.4) is 0 Å². The second-order valence-corrected chi connectivity index (χ2v) is 6.09. The molecule has 17 heavy (non-hydrogen) atoms. The summed E-state index contributed by atoms with van der Waals surface area (Å²) >= 11 is 5.64. The normalized spacial score (nSPS) is 11.4. The molecular weight excluding hydrogens is 397 g/mol. The summed E-state index contributed by atoms with van der Waals surface area (Å²) in [6, 6.07) is 0. The lowest BCUT2D eigenvalue weighted by atomic mass is 10.2. The van der Waals surface area contributed by atoms with Crippen molar-refractivity contribution in [1.82, 2.24) is 24.5 Å². The number of hydrogen-bond donors (Lipinski definition) is 0. The van der Waals surface area contributed by atoms with Gasteiger partial charge in [-0.3, -0.25) is 4.68 Å². The first-order valence-electron chi connectivity index (χ1n) is 5.31. The van der Waals surface area contributed by atoms with Crippen LogP contribution in [-0.2, 0) is 13.1 Å². The maximum atomic E-state index is 4.38. The molecule has 0 saturated heterocycles. The molecule has 0 aliphatic rings. The topological polar surface area (TPSA) is 48.5 Å². The highest BCUT2D eigenvalue weighted by atomic mass is 127. The summed E-state index contributed by atoms with van der Waals surface area (Å²) in [5.41, 5.74) is 0. The molecule has 2 heterocycles. The minimum absolute atomic E-state index is 0.556. The standard InChI is InChI=1S/C10H13BrIN5/c1-7(2)3-17-9(13-6-14-17)5-16-4-8(11)10(12)15-16/h4,6-7H,3,5H2,1-2H3. The van der Waals surface area contributed by atoms with E-state index >= 15 is 0 Å². The monoisotopic (exact) mass is 409 g/mol. The van der Waals surface area contributed by atoms with E-state index in [4.69, 9.17) is 0 Å². The van der Waals surface area contributed by atoms with Crippen LogP contribution in [0.1, 0.15) is 19.7 Å². The maximum Gasteiger partial charge on any atom is 0.148 e. The Kier molecular flexibility index (Phi) is 4.18. The van der Waals surface area contributed by atoms with Crippen molar-refractivity contribution < 1.29 is 0 Å². The average molecular weight is 410 g/mol. The zero-order chi connectivity index (χ0) is 12.4. The molecule has 0 aliphatic carbocycles. The van der Waals surface area contributed by atoms with E-state index < -0.39 is 0 Å². The van der Waals surface area contributed by atoms with Crippen LogP contribution in [0.4, 0.5) is 0 Å². The summed E-state index contributed by atoms with van der Waals surface area (Å²) in [6.07, 6.45) is 3.55. The van der Waals surface area contributed by atoms with Crippen LogP contribution < -0.4 is 0 Å². The highest BCUT2D eigenvalue weighted by molar-refractivity contribution is 14.1. The molecule has 7 heteroatoms. The molecule has 2 aromatic heterocycles. The molecule has 0 bridgehead atoms. The lowest BCUT2D eigenvalue weighted by Crippen LogP contribution is -2.13. The molecule has 0 amide bonds. The van der Waals surface area contributed by atoms with Gasteiger partial charge in [-0.25, -0.2) is 9.67 Å². The van der Waals surface area contributed by atoms with Crippen molar-refractivity contribution in [3.05, 3.63) is 26.5 Å². The van der Waals surface area contributed by atoms with E-state index in [2.05, 4.69) is 67.5 Å². The molecule has 2 rings (SSSR count). The van der Waals surface area contributed by atoms with Gasteiger partial charge in [0.25, 0.3) is 0 Å². The van der Waals surface area contributed by atoms with E-state index in [0.717, 1.165) is 20.5 Å². The van der Waals surface area contributed by atoms with Crippen molar-refractivity contribution in [1.29, 1.82) is 0 Å². The Labute approximate surface area is 122 Å². The van der Waals surface area contributed by atoms with Crippen LogP contribution in [0.5, 0.6) is 0 Å². The van der Waals surface area contributed by atoms with Crippen LogP contribution >= 0.6 is 38.5 Å². The average Bonchev–Trinajstić information content (AvgIpc) is 2.76. The third-order valence-electron chi connectivity index (χ3n) is 2.21. The van der Waals surface area contributed by atoms with Crippen molar-refractivity contribution in [3.8, 4) is 0 Å². The number of halogens is 2.